The molecular formula is C16H21N3O3. The van der Waals surface area contributed by atoms with Crippen molar-refractivity contribution in [3.05, 3.63) is 39.9 Å². The van der Waals surface area contributed by atoms with E-state index in [1.54, 1.807) is 12.1 Å². The van der Waals surface area contributed by atoms with Gasteiger partial charge < -0.3 is 10.6 Å². The van der Waals surface area contributed by atoms with Crippen molar-refractivity contribution >= 4 is 11.6 Å². The number of hydrogen-bond donors (Lipinski definition) is 2. The molecule has 2 fully saturated rings. The second-order valence-electron chi connectivity index (χ2n) is 6.33. The van der Waals surface area contributed by atoms with Gasteiger partial charge in [0.25, 0.3) is 5.69 Å². The van der Waals surface area contributed by atoms with Gasteiger partial charge in [0.15, 0.2) is 0 Å². The summed E-state index contributed by atoms with van der Waals surface area (Å²) < 4.78 is 0. The summed E-state index contributed by atoms with van der Waals surface area (Å²) in [6.45, 7) is 2.63. The van der Waals surface area contributed by atoms with Gasteiger partial charge in [0.1, 0.15) is 0 Å². The Kier molecular flexibility index (Phi) is 4.11. The third-order valence-corrected chi connectivity index (χ3v) is 4.97. The molecule has 22 heavy (non-hydrogen) atoms. The molecule has 0 aromatic heterocycles. The molecule has 1 aromatic carbocycles. The van der Waals surface area contributed by atoms with Crippen LogP contribution in [0.2, 0.25) is 0 Å². The van der Waals surface area contributed by atoms with Crippen molar-refractivity contribution in [1.82, 2.24) is 10.6 Å². The average Bonchev–Trinajstić information content (AvgIpc) is 3.21. The third kappa shape index (κ3) is 3.11. The maximum Gasteiger partial charge on any atom is 0.269 e. The van der Waals surface area contributed by atoms with Gasteiger partial charge in [-0.05, 0) is 49.8 Å². The van der Waals surface area contributed by atoms with E-state index >= 15 is 0 Å². The first-order valence-electron chi connectivity index (χ1n) is 7.82. The van der Waals surface area contributed by atoms with Gasteiger partial charge in [0, 0.05) is 24.6 Å². The molecule has 0 radical (unpaired) electrons. The zero-order valence-corrected chi connectivity index (χ0v) is 12.5. The molecule has 1 unspecified atom stereocenters. The van der Waals surface area contributed by atoms with E-state index in [2.05, 4.69) is 10.6 Å². The van der Waals surface area contributed by atoms with Gasteiger partial charge in [-0.2, -0.15) is 0 Å². The number of carbonyl (C=O) groups is 1. The molecular weight excluding hydrogens is 282 g/mol. The Labute approximate surface area is 129 Å². The lowest BCUT2D eigenvalue weighted by Gasteiger charge is -2.23. The number of nitro groups is 1. The van der Waals surface area contributed by atoms with Crippen LogP contribution in [0.3, 0.4) is 0 Å². The van der Waals surface area contributed by atoms with Crippen LogP contribution in [0.1, 0.15) is 24.8 Å². The van der Waals surface area contributed by atoms with Crippen LogP contribution in [0, 0.1) is 21.4 Å². The van der Waals surface area contributed by atoms with E-state index in [0.717, 1.165) is 37.9 Å². The molecule has 1 saturated heterocycles. The summed E-state index contributed by atoms with van der Waals surface area (Å²) >= 11 is 0. The highest BCUT2D eigenvalue weighted by atomic mass is 16.6. The van der Waals surface area contributed by atoms with Gasteiger partial charge in [-0.3, -0.25) is 14.9 Å². The maximum absolute atomic E-state index is 12.2. The average molecular weight is 303 g/mol. The summed E-state index contributed by atoms with van der Waals surface area (Å²) in [6, 6.07) is 6.50. The van der Waals surface area contributed by atoms with E-state index in [-0.39, 0.29) is 22.9 Å². The Morgan fingerprint density at radius 2 is 2.00 bits per heavy atom. The fraction of sp³-hybridized carbons (Fsp3) is 0.562. The first kappa shape index (κ1) is 15.0. The predicted molar refractivity (Wildman–Crippen MR) is 82.5 cm³/mol. The smallest absolute Gasteiger partial charge is 0.269 e. The normalized spacial score (nSPS) is 22.3. The predicted octanol–water partition coefficient (Wildman–Crippen LogP) is 1.64. The van der Waals surface area contributed by atoms with Crippen LogP contribution in [0.25, 0.3) is 0 Å². The number of benzene rings is 1. The molecule has 118 valence electrons. The van der Waals surface area contributed by atoms with Crippen molar-refractivity contribution in [2.45, 2.75) is 25.7 Å². The summed E-state index contributed by atoms with van der Waals surface area (Å²) in [5.74, 6) is 0.357. The number of carbonyl (C=O) groups excluding carboxylic acids is 1. The van der Waals surface area contributed by atoms with E-state index in [4.69, 9.17) is 0 Å². The molecule has 1 saturated carbocycles. The number of piperidine rings is 1. The summed E-state index contributed by atoms with van der Waals surface area (Å²) in [4.78, 5) is 22.4. The van der Waals surface area contributed by atoms with E-state index in [9.17, 15) is 14.9 Å². The lowest BCUT2D eigenvalue weighted by atomic mass is 9.92. The molecule has 1 atom stereocenters. The van der Waals surface area contributed by atoms with Crippen LogP contribution in [-0.2, 0) is 11.2 Å². The van der Waals surface area contributed by atoms with Crippen LogP contribution in [-0.4, -0.2) is 30.5 Å². The molecule has 1 aliphatic carbocycles. The Morgan fingerprint density at radius 1 is 1.32 bits per heavy atom. The van der Waals surface area contributed by atoms with Gasteiger partial charge in [0.05, 0.1) is 4.92 Å². The first-order valence-corrected chi connectivity index (χ1v) is 7.82. The van der Waals surface area contributed by atoms with Crippen molar-refractivity contribution in [3.63, 3.8) is 0 Å². The largest absolute Gasteiger partial charge is 0.356 e. The molecule has 3 rings (SSSR count). The van der Waals surface area contributed by atoms with Gasteiger partial charge in [0.2, 0.25) is 5.91 Å². The minimum atomic E-state index is -0.406. The van der Waals surface area contributed by atoms with Crippen molar-refractivity contribution in [3.8, 4) is 0 Å². The Balaban J connectivity index is 1.43. The zero-order valence-electron chi connectivity index (χ0n) is 12.5. The van der Waals surface area contributed by atoms with Crippen molar-refractivity contribution in [2.75, 3.05) is 19.6 Å². The summed E-state index contributed by atoms with van der Waals surface area (Å²) in [5, 5.41) is 16.9. The molecule has 1 aromatic rings. The number of nitro benzene ring substituents is 1. The van der Waals surface area contributed by atoms with Crippen LogP contribution in [0.5, 0.6) is 0 Å². The number of rotatable bonds is 5. The number of hydrogen-bond acceptors (Lipinski definition) is 4. The van der Waals surface area contributed by atoms with Crippen LogP contribution < -0.4 is 10.6 Å². The topological polar surface area (TPSA) is 84.3 Å². The Bertz CT molecular complexity index is 565. The lowest BCUT2D eigenvalue weighted by molar-refractivity contribution is -0.384. The monoisotopic (exact) mass is 303 g/mol. The highest BCUT2D eigenvalue weighted by molar-refractivity contribution is 5.82. The van der Waals surface area contributed by atoms with Crippen molar-refractivity contribution in [1.29, 1.82) is 0 Å². The number of amides is 1. The molecule has 1 heterocycles. The number of nitrogens with one attached hydrogen (secondary N) is 2. The van der Waals surface area contributed by atoms with Crippen molar-refractivity contribution < 1.29 is 9.72 Å². The van der Waals surface area contributed by atoms with Gasteiger partial charge in [-0.1, -0.05) is 12.1 Å². The zero-order chi connectivity index (χ0) is 15.6. The fourth-order valence-electron chi connectivity index (χ4n) is 3.43. The second kappa shape index (κ2) is 6.04. The maximum atomic E-state index is 12.2. The summed E-state index contributed by atoms with van der Waals surface area (Å²) in [6.07, 6.45) is 3.93. The SMILES string of the molecule is O=C(NCCc1ccc([N+](=O)[O-])cc1)C1CC12CCNCC2. The molecule has 1 amide bonds. The van der Waals surface area contributed by atoms with E-state index < -0.39 is 4.92 Å². The first-order chi connectivity index (χ1) is 10.6. The Morgan fingerprint density at radius 3 is 2.64 bits per heavy atom. The van der Waals surface area contributed by atoms with E-state index in [1.165, 1.54) is 12.1 Å². The molecule has 2 aliphatic rings. The highest BCUT2D eigenvalue weighted by Gasteiger charge is 2.57. The van der Waals surface area contributed by atoms with Gasteiger partial charge in [-0.15, -0.1) is 0 Å². The number of nitrogens with zero attached hydrogens (tertiary/aromatic N) is 1. The highest BCUT2D eigenvalue weighted by Crippen LogP contribution is 2.58. The molecule has 1 spiro atoms. The molecule has 0 bridgehead atoms. The van der Waals surface area contributed by atoms with Crippen LogP contribution in [0.4, 0.5) is 5.69 Å². The molecule has 2 N–H and O–H groups in total. The third-order valence-electron chi connectivity index (χ3n) is 4.97. The quantitative estimate of drug-likeness (QED) is 0.640. The lowest BCUT2D eigenvalue weighted by Crippen LogP contribution is -2.34. The minimum absolute atomic E-state index is 0.0959. The van der Waals surface area contributed by atoms with Crippen LogP contribution in [0.15, 0.2) is 24.3 Å². The molecule has 6 heteroatoms. The van der Waals surface area contributed by atoms with E-state index in [1.807, 2.05) is 0 Å². The van der Waals surface area contributed by atoms with Gasteiger partial charge in [-0.25, -0.2) is 0 Å². The summed E-state index contributed by atoms with van der Waals surface area (Å²) in [7, 11) is 0. The Hall–Kier alpha value is -1.95. The minimum Gasteiger partial charge on any atom is -0.356 e. The second-order valence-corrected chi connectivity index (χ2v) is 6.33. The van der Waals surface area contributed by atoms with Gasteiger partial charge >= 0.3 is 0 Å². The summed E-state index contributed by atoms with van der Waals surface area (Å²) in [5.41, 5.74) is 1.36. The number of non-ortho nitro benzene ring substituents is 1. The van der Waals surface area contributed by atoms with Crippen LogP contribution >= 0.6 is 0 Å². The molecule has 1 aliphatic heterocycles. The van der Waals surface area contributed by atoms with Crippen molar-refractivity contribution in [2.24, 2.45) is 11.3 Å². The standard InChI is InChI=1S/C16H21N3O3/c20-15(14-11-16(14)6-9-17-10-7-16)18-8-5-12-1-3-13(4-2-12)19(21)22/h1-4,14,17H,5-11H2,(H,18,20). The van der Waals surface area contributed by atoms with E-state index in [0.29, 0.717) is 13.0 Å². The fourth-order valence-corrected chi connectivity index (χ4v) is 3.43. The molecule has 6 nitrogen and oxygen atoms in total.